The molecule has 1 aromatic carbocycles. The van der Waals surface area contributed by atoms with E-state index < -0.39 is 0 Å². The minimum absolute atomic E-state index is 0.396. The van der Waals surface area contributed by atoms with E-state index >= 15 is 0 Å². The van der Waals surface area contributed by atoms with E-state index in [-0.39, 0.29) is 0 Å². The molecule has 0 atom stereocenters. The van der Waals surface area contributed by atoms with Crippen LogP contribution >= 0.6 is 11.6 Å². The number of hydrogen-bond donors (Lipinski definition) is 2. The Balaban J connectivity index is 3.09. The Morgan fingerprint density at radius 3 is 2.69 bits per heavy atom. The molecule has 72 valence electrons. The van der Waals surface area contributed by atoms with Gasteiger partial charge < -0.3 is 5.21 Å². The van der Waals surface area contributed by atoms with Crippen LogP contribution < -0.4 is 5.48 Å². The Hall–Kier alpha value is -0.570. The lowest BCUT2D eigenvalue weighted by atomic mass is 9.97. The summed E-state index contributed by atoms with van der Waals surface area (Å²) in [5, 5.41) is 9.34. The standard InChI is InChI=1S/C10H14ClNO/c1-7(2)8-4-3-5-10(11)9(8)6-12-13/h3-5,7,12-13H,6H2,1-2H3. The zero-order chi connectivity index (χ0) is 9.84. The van der Waals surface area contributed by atoms with Crippen LogP contribution in [0.4, 0.5) is 0 Å². The minimum atomic E-state index is 0.396. The molecule has 0 aliphatic rings. The molecule has 0 amide bonds. The van der Waals surface area contributed by atoms with Gasteiger partial charge in [0.1, 0.15) is 0 Å². The fourth-order valence-corrected chi connectivity index (χ4v) is 1.63. The lowest BCUT2D eigenvalue weighted by Crippen LogP contribution is -2.09. The van der Waals surface area contributed by atoms with Crippen molar-refractivity contribution in [3.8, 4) is 0 Å². The second-order valence-corrected chi connectivity index (χ2v) is 3.70. The maximum absolute atomic E-state index is 8.64. The smallest absolute Gasteiger partial charge is 0.0475 e. The first-order valence-corrected chi connectivity index (χ1v) is 4.69. The molecule has 0 aliphatic heterocycles. The van der Waals surface area contributed by atoms with E-state index in [0.717, 1.165) is 5.56 Å². The highest BCUT2D eigenvalue weighted by atomic mass is 35.5. The van der Waals surface area contributed by atoms with E-state index in [1.165, 1.54) is 5.56 Å². The van der Waals surface area contributed by atoms with E-state index in [4.69, 9.17) is 16.8 Å². The van der Waals surface area contributed by atoms with E-state index in [1.54, 1.807) is 0 Å². The van der Waals surface area contributed by atoms with Crippen molar-refractivity contribution in [3.63, 3.8) is 0 Å². The van der Waals surface area contributed by atoms with Gasteiger partial charge in [0.2, 0.25) is 0 Å². The molecule has 0 spiro atoms. The summed E-state index contributed by atoms with van der Waals surface area (Å²) in [6, 6.07) is 5.79. The Bertz CT molecular complexity index is 286. The molecule has 3 heteroatoms. The zero-order valence-electron chi connectivity index (χ0n) is 7.84. The molecular formula is C10H14ClNO. The second-order valence-electron chi connectivity index (χ2n) is 3.30. The first kappa shape index (κ1) is 10.5. The predicted octanol–water partition coefficient (Wildman–Crippen LogP) is 2.94. The maximum Gasteiger partial charge on any atom is 0.0475 e. The molecule has 2 nitrogen and oxygen atoms in total. The van der Waals surface area contributed by atoms with Crippen molar-refractivity contribution >= 4 is 11.6 Å². The van der Waals surface area contributed by atoms with Gasteiger partial charge in [-0.25, -0.2) is 5.48 Å². The van der Waals surface area contributed by atoms with Gasteiger partial charge in [-0.3, -0.25) is 0 Å². The molecule has 0 fully saturated rings. The number of halogens is 1. The third-order valence-electron chi connectivity index (χ3n) is 2.03. The maximum atomic E-state index is 8.64. The Kier molecular flexibility index (Phi) is 3.72. The highest BCUT2D eigenvalue weighted by Gasteiger charge is 2.08. The minimum Gasteiger partial charge on any atom is -0.316 e. The van der Waals surface area contributed by atoms with Crippen molar-refractivity contribution in [2.24, 2.45) is 0 Å². The summed E-state index contributed by atoms with van der Waals surface area (Å²) < 4.78 is 0. The molecule has 0 radical (unpaired) electrons. The number of hydroxylamine groups is 1. The van der Waals surface area contributed by atoms with Gasteiger partial charge in [0.05, 0.1) is 0 Å². The number of benzene rings is 1. The Labute approximate surface area is 83.5 Å². The van der Waals surface area contributed by atoms with E-state index in [0.29, 0.717) is 17.5 Å². The van der Waals surface area contributed by atoms with Crippen molar-refractivity contribution in [1.29, 1.82) is 0 Å². The summed E-state index contributed by atoms with van der Waals surface area (Å²) in [7, 11) is 0. The first-order valence-electron chi connectivity index (χ1n) is 4.31. The fourth-order valence-electron chi connectivity index (χ4n) is 1.38. The summed E-state index contributed by atoms with van der Waals surface area (Å²) in [6.45, 7) is 4.60. The van der Waals surface area contributed by atoms with Crippen LogP contribution in [0.1, 0.15) is 30.9 Å². The molecule has 0 saturated heterocycles. The molecular weight excluding hydrogens is 186 g/mol. The molecule has 0 aliphatic carbocycles. The lowest BCUT2D eigenvalue weighted by molar-refractivity contribution is 0.161. The van der Waals surface area contributed by atoms with Gasteiger partial charge in [-0.15, -0.1) is 0 Å². The molecule has 0 heterocycles. The summed E-state index contributed by atoms with van der Waals surface area (Å²) in [6.07, 6.45) is 0. The van der Waals surface area contributed by atoms with E-state index in [1.807, 2.05) is 18.2 Å². The SMILES string of the molecule is CC(C)c1cccc(Cl)c1CNO. The van der Waals surface area contributed by atoms with Crippen LogP contribution in [0, 0.1) is 0 Å². The summed E-state index contributed by atoms with van der Waals surface area (Å²) >= 11 is 6.00. The molecule has 2 N–H and O–H groups in total. The van der Waals surface area contributed by atoms with Crippen LogP contribution in [0.3, 0.4) is 0 Å². The molecule has 1 aromatic rings. The second kappa shape index (κ2) is 4.61. The van der Waals surface area contributed by atoms with Crippen LogP contribution in [-0.4, -0.2) is 5.21 Å². The Morgan fingerprint density at radius 2 is 2.15 bits per heavy atom. The van der Waals surface area contributed by atoms with Crippen LogP contribution in [-0.2, 0) is 6.54 Å². The average Bonchev–Trinajstić information content (AvgIpc) is 2.08. The number of rotatable bonds is 3. The highest BCUT2D eigenvalue weighted by molar-refractivity contribution is 6.31. The molecule has 1 rings (SSSR count). The highest BCUT2D eigenvalue weighted by Crippen LogP contribution is 2.25. The quantitative estimate of drug-likeness (QED) is 0.734. The first-order chi connectivity index (χ1) is 6.16. The van der Waals surface area contributed by atoms with Gasteiger partial charge in [0.25, 0.3) is 0 Å². The van der Waals surface area contributed by atoms with Gasteiger partial charge in [-0.2, -0.15) is 0 Å². The van der Waals surface area contributed by atoms with Gasteiger partial charge in [0, 0.05) is 11.6 Å². The van der Waals surface area contributed by atoms with Gasteiger partial charge >= 0.3 is 0 Å². The van der Waals surface area contributed by atoms with E-state index in [9.17, 15) is 0 Å². The van der Waals surface area contributed by atoms with Crippen molar-refractivity contribution in [2.75, 3.05) is 0 Å². The monoisotopic (exact) mass is 199 g/mol. The van der Waals surface area contributed by atoms with Gasteiger partial charge in [-0.1, -0.05) is 37.6 Å². The predicted molar refractivity (Wildman–Crippen MR) is 54.2 cm³/mol. The van der Waals surface area contributed by atoms with Gasteiger partial charge in [0.15, 0.2) is 0 Å². The van der Waals surface area contributed by atoms with Gasteiger partial charge in [-0.05, 0) is 23.1 Å². The van der Waals surface area contributed by atoms with Crippen molar-refractivity contribution in [3.05, 3.63) is 34.3 Å². The molecule has 0 unspecified atom stereocenters. The van der Waals surface area contributed by atoms with Crippen molar-refractivity contribution in [2.45, 2.75) is 26.3 Å². The third-order valence-corrected chi connectivity index (χ3v) is 2.39. The average molecular weight is 200 g/mol. The van der Waals surface area contributed by atoms with Crippen LogP contribution in [0.5, 0.6) is 0 Å². The Morgan fingerprint density at radius 1 is 1.46 bits per heavy atom. The van der Waals surface area contributed by atoms with Crippen LogP contribution in [0.15, 0.2) is 18.2 Å². The third kappa shape index (κ3) is 2.44. The molecule has 0 aromatic heterocycles. The normalized spacial score (nSPS) is 10.8. The zero-order valence-corrected chi connectivity index (χ0v) is 8.60. The van der Waals surface area contributed by atoms with E-state index in [2.05, 4.69) is 19.3 Å². The molecule has 0 bridgehead atoms. The largest absolute Gasteiger partial charge is 0.316 e. The summed E-state index contributed by atoms with van der Waals surface area (Å²) in [5.74, 6) is 0.419. The fraction of sp³-hybridized carbons (Fsp3) is 0.400. The number of nitrogens with one attached hydrogen (secondary N) is 1. The molecule has 13 heavy (non-hydrogen) atoms. The molecule has 0 saturated carbocycles. The van der Waals surface area contributed by atoms with Crippen molar-refractivity contribution in [1.82, 2.24) is 5.48 Å². The van der Waals surface area contributed by atoms with Crippen LogP contribution in [0.25, 0.3) is 0 Å². The summed E-state index contributed by atoms with van der Waals surface area (Å²) in [4.78, 5) is 0. The van der Waals surface area contributed by atoms with Crippen molar-refractivity contribution < 1.29 is 5.21 Å². The topological polar surface area (TPSA) is 32.3 Å². The lowest BCUT2D eigenvalue weighted by Gasteiger charge is -2.13. The number of hydrogen-bond acceptors (Lipinski definition) is 2. The van der Waals surface area contributed by atoms with Crippen LogP contribution in [0.2, 0.25) is 5.02 Å². The summed E-state index contributed by atoms with van der Waals surface area (Å²) in [5.41, 5.74) is 4.28.